The summed E-state index contributed by atoms with van der Waals surface area (Å²) in [5, 5.41) is 13.5. The highest BCUT2D eigenvalue weighted by Gasteiger charge is 2.30. The standard InChI is InChI=1S/C10H12F3N3O3/c1-2-5-14-8-4-3-7(16(17)18)9(15-8)19-6-10(11,12)13/h3-4H,2,5-6H2,1H3,(H,14,15). The summed E-state index contributed by atoms with van der Waals surface area (Å²) < 4.78 is 40.5. The van der Waals surface area contributed by atoms with Gasteiger partial charge in [0.2, 0.25) is 0 Å². The van der Waals surface area contributed by atoms with E-state index < -0.39 is 29.3 Å². The maximum absolute atomic E-state index is 12.0. The van der Waals surface area contributed by atoms with Crippen LogP contribution in [0.4, 0.5) is 24.7 Å². The first-order chi connectivity index (χ1) is 8.83. The lowest BCUT2D eigenvalue weighted by Crippen LogP contribution is -2.20. The van der Waals surface area contributed by atoms with Crippen molar-refractivity contribution in [3.05, 3.63) is 22.2 Å². The lowest BCUT2D eigenvalue weighted by Gasteiger charge is -2.10. The van der Waals surface area contributed by atoms with E-state index in [0.717, 1.165) is 12.5 Å². The van der Waals surface area contributed by atoms with Crippen molar-refractivity contribution < 1.29 is 22.8 Å². The molecule has 9 heteroatoms. The maximum Gasteiger partial charge on any atom is 0.422 e. The lowest BCUT2D eigenvalue weighted by molar-refractivity contribution is -0.386. The first-order valence-corrected chi connectivity index (χ1v) is 5.42. The number of hydrogen-bond acceptors (Lipinski definition) is 5. The molecular formula is C10H12F3N3O3. The van der Waals surface area contributed by atoms with Gasteiger partial charge in [-0.2, -0.15) is 18.2 Å². The average Bonchev–Trinajstić information content (AvgIpc) is 2.32. The Balaban J connectivity index is 2.92. The van der Waals surface area contributed by atoms with Crippen molar-refractivity contribution in [3.63, 3.8) is 0 Å². The number of nitro groups is 1. The first-order valence-electron chi connectivity index (χ1n) is 5.42. The summed E-state index contributed by atoms with van der Waals surface area (Å²) in [6.45, 7) is 0.807. The third kappa shape index (κ3) is 4.98. The molecule has 0 saturated carbocycles. The molecular weight excluding hydrogens is 267 g/mol. The van der Waals surface area contributed by atoms with Gasteiger partial charge in [-0.3, -0.25) is 10.1 Å². The van der Waals surface area contributed by atoms with Gasteiger partial charge in [0.05, 0.1) is 4.92 Å². The number of anilines is 1. The number of nitrogens with one attached hydrogen (secondary N) is 1. The van der Waals surface area contributed by atoms with E-state index >= 15 is 0 Å². The SMILES string of the molecule is CCCNc1ccc([N+](=O)[O-])c(OCC(F)(F)F)n1. The van der Waals surface area contributed by atoms with Crippen molar-refractivity contribution in [1.82, 2.24) is 4.98 Å². The van der Waals surface area contributed by atoms with Crippen LogP contribution in [0.1, 0.15) is 13.3 Å². The largest absolute Gasteiger partial charge is 0.463 e. The van der Waals surface area contributed by atoms with Crippen LogP contribution in [0.25, 0.3) is 0 Å². The monoisotopic (exact) mass is 279 g/mol. The van der Waals surface area contributed by atoms with Crippen LogP contribution in [0.15, 0.2) is 12.1 Å². The Morgan fingerprint density at radius 3 is 2.68 bits per heavy atom. The van der Waals surface area contributed by atoms with Crippen LogP contribution in [0.3, 0.4) is 0 Å². The summed E-state index contributed by atoms with van der Waals surface area (Å²) in [6, 6.07) is 2.37. The van der Waals surface area contributed by atoms with E-state index in [1.807, 2.05) is 6.92 Å². The number of pyridine rings is 1. The highest BCUT2D eigenvalue weighted by atomic mass is 19.4. The van der Waals surface area contributed by atoms with Crippen molar-refractivity contribution in [3.8, 4) is 5.88 Å². The molecule has 0 saturated heterocycles. The van der Waals surface area contributed by atoms with Crippen LogP contribution in [-0.2, 0) is 0 Å². The highest BCUT2D eigenvalue weighted by Crippen LogP contribution is 2.28. The molecule has 0 bridgehead atoms. The minimum atomic E-state index is -4.58. The Labute approximate surface area is 106 Å². The van der Waals surface area contributed by atoms with Gasteiger partial charge < -0.3 is 10.1 Å². The number of aromatic nitrogens is 1. The topological polar surface area (TPSA) is 77.3 Å². The summed E-state index contributed by atoms with van der Waals surface area (Å²) in [5.41, 5.74) is -0.605. The van der Waals surface area contributed by atoms with E-state index in [1.54, 1.807) is 0 Å². The van der Waals surface area contributed by atoms with E-state index in [4.69, 9.17) is 0 Å². The second kappa shape index (κ2) is 6.21. The van der Waals surface area contributed by atoms with Crippen molar-refractivity contribution in [2.24, 2.45) is 0 Å². The molecule has 0 aromatic carbocycles. The van der Waals surface area contributed by atoms with Crippen LogP contribution < -0.4 is 10.1 Å². The smallest absolute Gasteiger partial charge is 0.422 e. The molecule has 1 heterocycles. The zero-order valence-electron chi connectivity index (χ0n) is 10.0. The number of alkyl halides is 3. The van der Waals surface area contributed by atoms with Crippen LogP contribution in [0.2, 0.25) is 0 Å². The molecule has 0 unspecified atom stereocenters. The summed E-state index contributed by atoms with van der Waals surface area (Å²) in [7, 11) is 0. The Bertz CT molecular complexity index is 451. The molecule has 0 aliphatic rings. The van der Waals surface area contributed by atoms with Crippen LogP contribution in [0, 0.1) is 10.1 Å². The van der Waals surface area contributed by atoms with Gasteiger partial charge in [0.1, 0.15) is 5.82 Å². The molecule has 0 aliphatic carbocycles. The van der Waals surface area contributed by atoms with Crippen molar-refractivity contribution >= 4 is 11.5 Å². The summed E-state index contributed by atoms with van der Waals surface area (Å²) >= 11 is 0. The molecule has 0 atom stereocenters. The number of nitrogens with zero attached hydrogens (tertiary/aromatic N) is 2. The quantitative estimate of drug-likeness (QED) is 0.640. The summed E-state index contributed by atoms with van der Waals surface area (Å²) in [4.78, 5) is 13.5. The fourth-order valence-corrected chi connectivity index (χ4v) is 1.18. The molecule has 1 aromatic heterocycles. The Hall–Kier alpha value is -2.06. The van der Waals surface area contributed by atoms with Gasteiger partial charge in [-0.1, -0.05) is 6.92 Å². The normalized spacial score (nSPS) is 11.2. The lowest BCUT2D eigenvalue weighted by atomic mass is 10.4. The van der Waals surface area contributed by atoms with Gasteiger partial charge in [0.25, 0.3) is 5.88 Å². The third-order valence-electron chi connectivity index (χ3n) is 1.97. The predicted molar refractivity (Wildman–Crippen MR) is 61.2 cm³/mol. The minimum absolute atomic E-state index is 0.227. The number of ether oxygens (including phenoxy) is 1. The van der Waals surface area contributed by atoms with Crippen LogP contribution in [0.5, 0.6) is 5.88 Å². The molecule has 0 aliphatic heterocycles. The Kier molecular flexibility index (Phi) is 4.90. The second-order valence-corrected chi connectivity index (χ2v) is 3.61. The van der Waals surface area contributed by atoms with Gasteiger partial charge in [-0.25, -0.2) is 0 Å². The zero-order chi connectivity index (χ0) is 14.5. The van der Waals surface area contributed by atoms with Crippen molar-refractivity contribution in [1.29, 1.82) is 0 Å². The molecule has 1 N–H and O–H groups in total. The average molecular weight is 279 g/mol. The second-order valence-electron chi connectivity index (χ2n) is 3.61. The Morgan fingerprint density at radius 1 is 1.47 bits per heavy atom. The van der Waals surface area contributed by atoms with Crippen molar-refractivity contribution in [2.45, 2.75) is 19.5 Å². The number of rotatable bonds is 6. The minimum Gasteiger partial charge on any atom is -0.463 e. The predicted octanol–water partition coefficient (Wildman–Crippen LogP) is 2.75. The molecule has 0 spiro atoms. The zero-order valence-corrected chi connectivity index (χ0v) is 10.0. The Morgan fingerprint density at radius 2 is 2.16 bits per heavy atom. The molecule has 1 aromatic rings. The molecule has 0 fully saturated rings. The van der Waals surface area contributed by atoms with E-state index in [1.165, 1.54) is 6.07 Å². The molecule has 1 rings (SSSR count). The van der Waals surface area contributed by atoms with Crippen molar-refractivity contribution in [2.75, 3.05) is 18.5 Å². The van der Waals surface area contributed by atoms with Gasteiger partial charge in [-0.15, -0.1) is 0 Å². The van der Waals surface area contributed by atoms with Gasteiger partial charge >= 0.3 is 11.9 Å². The summed E-state index contributed by atoms with van der Waals surface area (Å²) in [5.74, 6) is -0.423. The van der Waals surface area contributed by atoms with Gasteiger partial charge in [-0.05, 0) is 12.5 Å². The number of halogens is 3. The molecule has 0 radical (unpaired) electrons. The van der Waals surface area contributed by atoms with E-state index in [0.29, 0.717) is 6.54 Å². The summed E-state index contributed by atoms with van der Waals surface area (Å²) in [6.07, 6.45) is -3.81. The first kappa shape index (κ1) is 15.0. The molecule has 6 nitrogen and oxygen atoms in total. The molecule has 106 valence electrons. The van der Waals surface area contributed by atoms with E-state index in [-0.39, 0.29) is 5.82 Å². The van der Waals surface area contributed by atoms with E-state index in [2.05, 4.69) is 15.0 Å². The maximum atomic E-state index is 12.0. The fourth-order valence-electron chi connectivity index (χ4n) is 1.18. The number of hydrogen-bond donors (Lipinski definition) is 1. The van der Waals surface area contributed by atoms with Crippen LogP contribution in [-0.4, -0.2) is 29.2 Å². The van der Waals surface area contributed by atoms with Crippen LogP contribution >= 0.6 is 0 Å². The fraction of sp³-hybridized carbons (Fsp3) is 0.500. The molecule has 19 heavy (non-hydrogen) atoms. The highest BCUT2D eigenvalue weighted by molar-refractivity contribution is 5.49. The van der Waals surface area contributed by atoms with Gasteiger partial charge in [0.15, 0.2) is 6.61 Å². The third-order valence-corrected chi connectivity index (χ3v) is 1.97. The van der Waals surface area contributed by atoms with Gasteiger partial charge in [0, 0.05) is 12.6 Å². The molecule has 0 amide bonds. The van der Waals surface area contributed by atoms with E-state index in [9.17, 15) is 23.3 Å².